The van der Waals surface area contributed by atoms with E-state index in [1.807, 2.05) is 35.6 Å². The van der Waals surface area contributed by atoms with Crippen LogP contribution in [0.15, 0.2) is 180 Å². The van der Waals surface area contributed by atoms with Crippen molar-refractivity contribution < 1.29 is 4.42 Å². The van der Waals surface area contributed by atoms with Crippen molar-refractivity contribution >= 4 is 114 Å². The SMILES string of the molecule is c1ccc2c(-c3cccc4c3oc3ccccc34)nc(-n3c4ccccc4c4nc5c6ccccc6c6cc(-c7cccc8sc9ccccc9c78)ccc6n5c43)nc2c1. The van der Waals surface area contributed by atoms with Gasteiger partial charge in [-0.1, -0.05) is 127 Å². The van der Waals surface area contributed by atoms with Gasteiger partial charge in [0.25, 0.3) is 0 Å². The van der Waals surface area contributed by atoms with Gasteiger partial charge < -0.3 is 4.42 Å². The molecule has 6 nitrogen and oxygen atoms in total. The quantitative estimate of drug-likeness (QED) is 0.167. The van der Waals surface area contributed by atoms with Gasteiger partial charge in [0.2, 0.25) is 5.95 Å². The molecule has 0 atom stereocenters. The minimum atomic E-state index is 0.568. The lowest BCUT2D eigenvalue weighted by Gasteiger charge is -2.14. The van der Waals surface area contributed by atoms with Crippen molar-refractivity contribution in [2.45, 2.75) is 0 Å². The summed E-state index contributed by atoms with van der Waals surface area (Å²) in [5.74, 6) is 0.568. The summed E-state index contributed by atoms with van der Waals surface area (Å²) >= 11 is 1.85. The molecule has 7 heteroatoms. The van der Waals surface area contributed by atoms with Crippen LogP contribution in [0, 0.1) is 0 Å². The van der Waals surface area contributed by atoms with Gasteiger partial charge in [-0.05, 0) is 65.0 Å². The summed E-state index contributed by atoms with van der Waals surface area (Å²) in [5, 5.41) is 10.1. The summed E-state index contributed by atoms with van der Waals surface area (Å²) in [5.41, 5.74) is 11.4. The first-order valence-electron chi connectivity index (χ1n) is 20.1. The zero-order valence-electron chi connectivity index (χ0n) is 31.8. The first kappa shape index (κ1) is 32.1. The number of furan rings is 1. The topological polar surface area (TPSA) is 61.2 Å². The Labute approximate surface area is 344 Å². The molecule has 6 aromatic heterocycles. The molecule has 0 radical (unpaired) electrons. The van der Waals surface area contributed by atoms with Gasteiger partial charge in [0.1, 0.15) is 22.3 Å². The number of nitrogens with zero attached hydrogens (tertiary/aromatic N) is 5. The molecule has 0 bridgehead atoms. The predicted octanol–water partition coefficient (Wildman–Crippen LogP) is 14.3. The summed E-state index contributed by atoms with van der Waals surface area (Å²) in [6.07, 6.45) is 0. The largest absolute Gasteiger partial charge is 0.455 e. The van der Waals surface area contributed by atoms with Crippen LogP contribution in [0.3, 0.4) is 0 Å². The van der Waals surface area contributed by atoms with E-state index in [0.717, 1.165) is 93.5 Å². The number of hydrogen-bond acceptors (Lipinski definition) is 5. The van der Waals surface area contributed by atoms with Crippen LogP contribution in [-0.4, -0.2) is 23.9 Å². The van der Waals surface area contributed by atoms with Crippen molar-refractivity contribution in [2.24, 2.45) is 0 Å². The summed E-state index contributed by atoms with van der Waals surface area (Å²) in [6.45, 7) is 0. The maximum Gasteiger partial charge on any atom is 0.237 e. The Morgan fingerprint density at radius 1 is 0.467 bits per heavy atom. The van der Waals surface area contributed by atoms with Gasteiger partial charge >= 0.3 is 0 Å². The monoisotopic (exact) mass is 783 g/mol. The molecule has 0 saturated carbocycles. The van der Waals surface area contributed by atoms with Crippen molar-refractivity contribution in [1.82, 2.24) is 23.9 Å². The standard InChI is InChI=1S/C53H29N5OS/c1-2-15-35-32(13-1)40-29-30(31-19-12-26-46-47(31)38-18-6-10-25-45(38)60-46)27-28-43(40)57-51(35)55-49-37-17-4-8-23-42(37)58(52(49)57)53-54-41-22-7-3-16-36(41)48(56-53)39-21-11-20-34-33-14-5-9-24-44(33)59-50(34)39/h1-29H. The normalized spacial score (nSPS) is 12.3. The average molecular weight is 784 g/mol. The molecule has 0 unspecified atom stereocenters. The highest BCUT2D eigenvalue weighted by Crippen LogP contribution is 2.44. The highest BCUT2D eigenvalue weighted by Gasteiger charge is 2.25. The number of aromatic nitrogens is 5. The number of pyridine rings is 1. The maximum absolute atomic E-state index is 6.59. The number of benzene rings is 8. The molecule has 0 amide bonds. The zero-order chi connectivity index (χ0) is 39.1. The molecule has 0 saturated heterocycles. The zero-order valence-corrected chi connectivity index (χ0v) is 32.6. The molecule has 8 aromatic carbocycles. The van der Waals surface area contributed by atoms with E-state index in [1.54, 1.807) is 0 Å². The Morgan fingerprint density at radius 3 is 2.08 bits per heavy atom. The molecule has 6 heterocycles. The molecular formula is C53H29N5OS. The van der Waals surface area contributed by atoms with E-state index in [9.17, 15) is 0 Å². The van der Waals surface area contributed by atoms with Crippen LogP contribution in [-0.2, 0) is 0 Å². The minimum Gasteiger partial charge on any atom is -0.455 e. The molecule has 0 spiro atoms. The molecule has 0 fully saturated rings. The van der Waals surface area contributed by atoms with E-state index in [2.05, 4.69) is 161 Å². The van der Waals surface area contributed by atoms with E-state index in [0.29, 0.717) is 5.95 Å². The Balaban J connectivity index is 1.10. The van der Waals surface area contributed by atoms with E-state index < -0.39 is 0 Å². The Bertz CT molecular complexity index is 4150. The van der Waals surface area contributed by atoms with Crippen LogP contribution in [0.4, 0.5) is 0 Å². The molecule has 0 aliphatic carbocycles. The van der Waals surface area contributed by atoms with Crippen LogP contribution >= 0.6 is 11.3 Å². The van der Waals surface area contributed by atoms with Gasteiger partial charge in [0, 0.05) is 58.1 Å². The number of fused-ring (bicyclic) bond motifs is 17. The van der Waals surface area contributed by atoms with Crippen molar-refractivity contribution in [1.29, 1.82) is 0 Å². The number of para-hydroxylation sites is 4. The minimum absolute atomic E-state index is 0.568. The van der Waals surface area contributed by atoms with E-state index in [1.165, 1.54) is 31.3 Å². The number of imidazole rings is 1. The number of thiophene rings is 1. The first-order chi connectivity index (χ1) is 29.8. The highest BCUT2D eigenvalue weighted by atomic mass is 32.1. The molecule has 60 heavy (non-hydrogen) atoms. The van der Waals surface area contributed by atoms with Crippen molar-refractivity contribution in [3.8, 4) is 28.3 Å². The van der Waals surface area contributed by atoms with Gasteiger partial charge in [-0.2, -0.15) is 0 Å². The molecular weight excluding hydrogens is 755 g/mol. The van der Waals surface area contributed by atoms with Gasteiger partial charge in [-0.25, -0.2) is 15.0 Å². The van der Waals surface area contributed by atoms with Crippen LogP contribution in [0.2, 0.25) is 0 Å². The number of rotatable bonds is 3. The van der Waals surface area contributed by atoms with Crippen LogP contribution in [0.5, 0.6) is 0 Å². The fourth-order valence-electron chi connectivity index (χ4n) is 9.74. The van der Waals surface area contributed by atoms with E-state index in [4.69, 9.17) is 19.4 Å². The molecule has 0 N–H and O–H groups in total. The lowest BCUT2D eigenvalue weighted by atomic mass is 9.96. The lowest BCUT2D eigenvalue weighted by Crippen LogP contribution is -2.05. The summed E-state index contributed by atoms with van der Waals surface area (Å²) in [4.78, 5) is 16.4. The van der Waals surface area contributed by atoms with E-state index in [-0.39, 0.29) is 0 Å². The van der Waals surface area contributed by atoms with Crippen LogP contribution in [0.1, 0.15) is 0 Å². The van der Waals surface area contributed by atoms with Crippen LogP contribution in [0.25, 0.3) is 131 Å². The van der Waals surface area contributed by atoms with Gasteiger partial charge in [-0.15, -0.1) is 11.3 Å². The van der Waals surface area contributed by atoms with Crippen molar-refractivity contribution in [3.05, 3.63) is 176 Å². The Hall–Kier alpha value is -7.87. The summed E-state index contributed by atoms with van der Waals surface area (Å²) in [7, 11) is 0. The second-order valence-electron chi connectivity index (χ2n) is 15.5. The van der Waals surface area contributed by atoms with E-state index >= 15 is 0 Å². The molecule has 14 aromatic rings. The average Bonchev–Trinajstić information content (AvgIpc) is 4.07. The second-order valence-corrected chi connectivity index (χ2v) is 16.6. The molecule has 278 valence electrons. The predicted molar refractivity (Wildman–Crippen MR) is 249 cm³/mol. The second kappa shape index (κ2) is 11.9. The third kappa shape index (κ3) is 4.28. The lowest BCUT2D eigenvalue weighted by molar-refractivity contribution is 0.670. The van der Waals surface area contributed by atoms with Gasteiger partial charge in [0.05, 0.1) is 22.2 Å². The van der Waals surface area contributed by atoms with Crippen LogP contribution < -0.4 is 0 Å². The number of hydrogen-bond donors (Lipinski definition) is 0. The molecule has 14 rings (SSSR count). The maximum atomic E-state index is 6.59. The van der Waals surface area contributed by atoms with Gasteiger partial charge in [-0.3, -0.25) is 8.97 Å². The van der Waals surface area contributed by atoms with Crippen molar-refractivity contribution in [3.63, 3.8) is 0 Å². The first-order valence-corrected chi connectivity index (χ1v) is 20.9. The Kier molecular flexibility index (Phi) is 6.35. The Morgan fingerprint density at radius 2 is 1.17 bits per heavy atom. The highest BCUT2D eigenvalue weighted by molar-refractivity contribution is 7.25. The van der Waals surface area contributed by atoms with Crippen molar-refractivity contribution in [2.75, 3.05) is 0 Å². The summed E-state index contributed by atoms with van der Waals surface area (Å²) in [6, 6.07) is 62.3. The van der Waals surface area contributed by atoms with Gasteiger partial charge in [0.15, 0.2) is 5.65 Å². The fourth-order valence-corrected chi connectivity index (χ4v) is 10.9. The smallest absolute Gasteiger partial charge is 0.237 e. The third-order valence-corrected chi connectivity index (χ3v) is 13.5. The summed E-state index contributed by atoms with van der Waals surface area (Å²) < 4.78 is 13.7. The third-order valence-electron chi connectivity index (χ3n) is 12.3. The molecule has 0 aliphatic heterocycles. The fraction of sp³-hybridized carbons (Fsp3) is 0. The molecule has 0 aliphatic rings.